The van der Waals surface area contributed by atoms with Gasteiger partial charge < -0.3 is 5.32 Å². The molecule has 0 spiro atoms. The first-order valence-electron chi connectivity index (χ1n) is 8.54. The molecule has 1 N–H and O–H groups in total. The summed E-state index contributed by atoms with van der Waals surface area (Å²) in [4.78, 5) is 16.9. The van der Waals surface area contributed by atoms with Gasteiger partial charge in [-0.25, -0.2) is 8.42 Å². The summed E-state index contributed by atoms with van der Waals surface area (Å²) >= 11 is 3.46. The van der Waals surface area contributed by atoms with E-state index in [9.17, 15) is 13.2 Å². The van der Waals surface area contributed by atoms with Crippen molar-refractivity contribution in [1.82, 2.24) is 10.3 Å². The maximum Gasteiger partial charge on any atom is 0.251 e. The molecule has 1 aromatic heterocycles. The number of sulfone groups is 1. The third-order valence-electron chi connectivity index (χ3n) is 4.25. The van der Waals surface area contributed by atoms with Crippen LogP contribution in [-0.2, 0) is 16.4 Å². The van der Waals surface area contributed by atoms with Gasteiger partial charge in [0.05, 0.1) is 17.1 Å². The maximum absolute atomic E-state index is 12.5. The van der Waals surface area contributed by atoms with Gasteiger partial charge in [0, 0.05) is 22.5 Å². The van der Waals surface area contributed by atoms with Crippen LogP contribution in [0.15, 0.2) is 70.2 Å². The Labute approximate surface area is 172 Å². The lowest BCUT2D eigenvalue weighted by atomic mass is 10.1. The SMILES string of the molecule is Cc1ccc(C(=O)NCc2cc(-c3cccc(Br)c3)ccn2)cc1S(C)(=O)=O. The van der Waals surface area contributed by atoms with Crippen LogP contribution in [0.2, 0.25) is 0 Å². The molecule has 1 amide bonds. The highest BCUT2D eigenvalue weighted by atomic mass is 79.9. The number of benzene rings is 2. The summed E-state index contributed by atoms with van der Waals surface area (Å²) < 4.78 is 24.7. The van der Waals surface area contributed by atoms with Crippen LogP contribution >= 0.6 is 15.9 Å². The smallest absolute Gasteiger partial charge is 0.251 e. The van der Waals surface area contributed by atoms with Crippen molar-refractivity contribution in [2.45, 2.75) is 18.4 Å². The highest BCUT2D eigenvalue weighted by molar-refractivity contribution is 9.10. The fraction of sp³-hybridized carbons (Fsp3) is 0.143. The molecule has 3 rings (SSSR count). The lowest BCUT2D eigenvalue weighted by molar-refractivity contribution is 0.0950. The number of aryl methyl sites for hydroxylation is 1. The van der Waals surface area contributed by atoms with E-state index in [0.717, 1.165) is 21.9 Å². The Kier molecular flexibility index (Phi) is 5.96. The minimum absolute atomic E-state index is 0.162. The molecule has 144 valence electrons. The Balaban J connectivity index is 1.76. The third kappa shape index (κ3) is 4.85. The van der Waals surface area contributed by atoms with E-state index in [0.29, 0.717) is 16.8 Å². The molecule has 0 aliphatic rings. The van der Waals surface area contributed by atoms with Crippen molar-refractivity contribution in [2.24, 2.45) is 0 Å². The van der Waals surface area contributed by atoms with Gasteiger partial charge in [-0.15, -0.1) is 0 Å². The normalized spacial score (nSPS) is 11.2. The van der Waals surface area contributed by atoms with Gasteiger partial charge in [-0.05, 0) is 60.0 Å². The molecule has 0 fully saturated rings. The van der Waals surface area contributed by atoms with Gasteiger partial charge >= 0.3 is 0 Å². The molecule has 0 atom stereocenters. The first kappa shape index (κ1) is 20.2. The number of rotatable bonds is 5. The number of hydrogen-bond donors (Lipinski definition) is 1. The number of nitrogens with one attached hydrogen (secondary N) is 1. The Bertz CT molecular complexity index is 1140. The second-order valence-corrected chi connectivity index (χ2v) is 9.38. The van der Waals surface area contributed by atoms with E-state index >= 15 is 0 Å². The van der Waals surface area contributed by atoms with Crippen LogP contribution in [0.3, 0.4) is 0 Å². The molecule has 0 radical (unpaired) electrons. The van der Waals surface area contributed by atoms with Crippen molar-refractivity contribution in [3.8, 4) is 11.1 Å². The summed E-state index contributed by atoms with van der Waals surface area (Å²) in [6.45, 7) is 1.94. The van der Waals surface area contributed by atoms with Crippen LogP contribution in [0.5, 0.6) is 0 Å². The van der Waals surface area contributed by atoms with E-state index in [-0.39, 0.29) is 17.3 Å². The minimum Gasteiger partial charge on any atom is -0.346 e. The van der Waals surface area contributed by atoms with E-state index in [1.807, 2.05) is 36.4 Å². The molecule has 3 aromatic rings. The highest BCUT2D eigenvalue weighted by Crippen LogP contribution is 2.23. The third-order valence-corrected chi connectivity index (χ3v) is 5.99. The average molecular weight is 459 g/mol. The summed E-state index contributed by atoms with van der Waals surface area (Å²) in [6.07, 6.45) is 2.83. The summed E-state index contributed by atoms with van der Waals surface area (Å²) in [6, 6.07) is 16.4. The largest absolute Gasteiger partial charge is 0.346 e. The fourth-order valence-corrected chi connectivity index (χ4v) is 4.23. The standard InChI is InChI=1S/C21H19BrN2O3S/c1-14-6-7-17(12-20(14)28(2,26)27)21(25)24-13-19-11-16(8-9-23-19)15-4-3-5-18(22)10-15/h3-12H,13H2,1-2H3,(H,24,25). The van der Waals surface area contributed by atoms with Crippen LogP contribution in [0.1, 0.15) is 21.6 Å². The topological polar surface area (TPSA) is 76.1 Å². The van der Waals surface area contributed by atoms with Crippen molar-refractivity contribution >= 4 is 31.7 Å². The Morgan fingerprint density at radius 3 is 2.54 bits per heavy atom. The number of amides is 1. The van der Waals surface area contributed by atoms with Crippen molar-refractivity contribution in [1.29, 1.82) is 0 Å². The second kappa shape index (κ2) is 8.24. The van der Waals surface area contributed by atoms with E-state index < -0.39 is 9.84 Å². The van der Waals surface area contributed by atoms with E-state index in [2.05, 4.69) is 26.2 Å². The molecule has 2 aromatic carbocycles. The maximum atomic E-state index is 12.5. The van der Waals surface area contributed by atoms with E-state index in [1.54, 1.807) is 25.3 Å². The molecule has 0 saturated heterocycles. The van der Waals surface area contributed by atoms with Gasteiger partial charge in [0.15, 0.2) is 9.84 Å². The van der Waals surface area contributed by atoms with Crippen LogP contribution in [0.25, 0.3) is 11.1 Å². The van der Waals surface area contributed by atoms with Crippen LogP contribution in [0, 0.1) is 6.92 Å². The second-order valence-electron chi connectivity index (χ2n) is 6.48. The van der Waals surface area contributed by atoms with Crippen molar-refractivity contribution < 1.29 is 13.2 Å². The number of carbonyl (C=O) groups is 1. The van der Waals surface area contributed by atoms with Gasteiger partial charge in [-0.1, -0.05) is 34.1 Å². The molecular formula is C21H19BrN2O3S. The minimum atomic E-state index is -3.39. The molecule has 1 heterocycles. The number of nitrogens with zero attached hydrogens (tertiary/aromatic N) is 1. The Morgan fingerprint density at radius 2 is 1.82 bits per heavy atom. The van der Waals surface area contributed by atoms with Gasteiger partial charge in [0.2, 0.25) is 0 Å². The monoisotopic (exact) mass is 458 g/mol. The van der Waals surface area contributed by atoms with Gasteiger partial charge in [0.25, 0.3) is 5.91 Å². The fourth-order valence-electron chi connectivity index (χ4n) is 2.84. The molecular weight excluding hydrogens is 440 g/mol. The molecule has 0 bridgehead atoms. The first-order chi connectivity index (χ1) is 13.2. The molecule has 7 heteroatoms. The zero-order chi connectivity index (χ0) is 20.3. The number of carbonyl (C=O) groups excluding carboxylic acids is 1. The van der Waals surface area contributed by atoms with E-state index in [1.165, 1.54) is 6.07 Å². The molecule has 0 aliphatic heterocycles. The Morgan fingerprint density at radius 1 is 1.07 bits per heavy atom. The van der Waals surface area contributed by atoms with Gasteiger partial charge in [0.1, 0.15) is 0 Å². The first-order valence-corrected chi connectivity index (χ1v) is 11.2. The molecule has 28 heavy (non-hydrogen) atoms. The lowest BCUT2D eigenvalue weighted by Gasteiger charge is -2.09. The van der Waals surface area contributed by atoms with Crippen molar-refractivity contribution in [3.05, 3.63) is 82.1 Å². The summed E-state index contributed by atoms with van der Waals surface area (Å²) in [5.74, 6) is -0.348. The van der Waals surface area contributed by atoms with E-state index in [4.69, 9.17) is 0 Å². The molecule has 0 aliphatic carbocycles. The number of pyridine rings is 1. The predicted molar refractivity (Wildman–Crippen MR) is 113 cm³/mol. The number of aromatic nitrogens is 1. The number of hydrogen-bond acceptors (Lipinski definition) is 4. The zero-order valence-electron chi connectivity index (χ0n) is 15.4. The van der Waals surface area contributed by atoms with Crippen LogP contribution in [-0.4, -0.2) is 25.6 Å². The van der Waals surface area contributed by atoms with Gasteiger partial charge in [-0.2, -0.15) is 0 Å². The van der Waals surface area contributed by atoms with Crippen molar-refractivity contribution in [3.63, 3.8) is 0 Å². The summed E-state index contributed by atoms with van der Waals surface area (Å²) in [5, 5.41) is 2.80. The lowest BCUT2D eigenvalue weighted by Crippen LogP contribution is -2.23. The predicted octanol–water partition coefficient (Wildman–Crippen LogP) is 4.15. The van der Waals surface area contributed by atoms with Gasteiger partial charge in [-0.3, -0.25) is 9.78 Å². The molecule has 0 unspecified atom stereocenters. The van der Waals surface area contributed by atoms with Crippen molar-refractivity contribution in [2.75, 3.05) is 6.26 Å². The zero-order valence-corrected chi connectivity index (χ0v) is 17.8. The highest BCUT2D eigenvalue weighted by Gasteiger charge is 2.14. The Hall–Kier alpha value is -2.51. The van der Waals surface area contributed by atoms with Crippen LogP contribution in [0.4, 0.5) is 0 Å². The number of halogens is 1. The van der Waals surface area contributed by atoms with Crippen LogP contribution < -0.4 is 5.32 Å². The quantitative estimate of drug-likeness (QED) is 0.622. The summed E-state index contributed by atoms with van der Waals surface area (Å²) in [5.41, 5.74) is 3.66. The molecule has 5 nitrogen and oxygen atoms in total. The average Bonchev–Trinajstić information content (AvgIpc) is 2.66. The summed E-state index contributed by atoms with van der Waals surface area (Å²) in [7, 11) is -3.39. The molecule has 0 saturated carbocycles.